The van der Waals surface area contributed by atoms with E-state index in [4.69, 9.17) is 0 Å². The summed E-state index contributed by atoms with van der Waals surface area (Å²) in [6.07, 6.45) is 4.39. The molecule has 11 aromatic carbocycles. The Morgan fingerprint density at radius 1 is 0.269 bits per heavy atom. The average Bonchev–Trinajstić information content (AvgIpc) is 3.74. The normalized spacial score (nSPS) is 11.5. The average molecular weight is 856 g/mol. The van der Waals surface area contributed by atoms with Crippen molar-refractivity contribution in [1.29, 1.82) is 0 Å². The first-order valence-corrected chi connectivity index (χ1v) is 22.9. The Bertz CT molecular complexity index is 3540. The number of para-hydroxylation sites is 5. The molecule has 0 unspecified atom stereocenters. The minimum Gasteiger partial charge on any atom is -0.311 e. The molecule has 0 radical (unpaired) electrons. The van der Waals surface area contributed by atoms with Gasteiger partial charge in [0, 0.05) is 50.6 Å². The Balaban J connectivity index is 0.867. The Kier molecular flexibility index (Phi) is 10.2. The first-order chi connectivity index (χ1) is 33.2. The fourth-order valence-electron chi connectivity index (χ4n) is 9.68. The molecule has 0 bridgehead atoms. The molecule has 3 heteroatoms. The van der Waals surface area contributed by atoms with E-state index < -0.39 is 0 Å². The standard InChI is InChI=1S/C64H45N3/c1-6-16-54(17-7-1)65(55-18-8-2-9-19-55)59-38-30-47(31-39-59)27-26-46-28-32-48(33-29-46)52-42-50-34-35-51-43-53(45-62-64(51)63(50)61(44-52)67(62)58-24-14-5-15-25-58)49-36-40-60(41-37-49)66(56-20-10-3-11-21-56)57-22-12-4-13-23-57/h1-45H. The van der Waals surface area contributed by atoms with Crippen molar-refractivity contribution >= 4 is 78.9 Å². The molecule has 0 fully saturated rings. The van der Waals surface area contributed by atoms with E-state index in [1.54, 1.807) is 0 Å². The summed E-state index contributed by atoms with van der Waals surface area (Å²) in [6.45, 7) is 0. The van der Waals surface area contributed by atoms with Crippen LogP contribution in [0.5, 0.6) is 0 Å². The van der Waals surface area contributed by atoms with Crippen LogP contribution >= 0.6 is 0 Å². The summed E-state index contributed by atoms with van der Waals surface area (Å²) in [6, 6.07) is 93.8. The van der Waals surface area contributed by atoms with E-state index in [1.807, 2.05) is 0 Å². The third kappa shape index (κ3) is 7.59. The maximum absolute atomic E-state index is 2.46. The minimum atomic E-state index is 1.11. The summed E-state index contributed by atoms with van der Waals surface area (Å²) in [5, 5.41) is 5.07. The van der Waals surface area contributed by atoms with Crippen molar-refractivity contribution in [2.45, 2.75) is 0 Å². The zero-order chi connectivity index (χ0) is 44.5. The highest BCUT2D eigenvalue weighted by atomic mass is 15.1. The number of hydrogen-bond acceptors (Lipinski definition) is 2. The molecule has 316 valence electrons. The monoisotopic (exact) mass is 855 g/mol. The van der Waals surface area contributed by atoms with Crippen molar-refractivity contribution in [1.82, 2.24) is 4.57 Å². The highest BCUT2D eigenvalue weighted by Gasteiger charge is 2.20. The predicted molar refractivity (Wildman–Crippen MR) is 285 cm³/mol. The molecule has 0 aliphatic carbocycles. The third-order valence-corrected chi connectivity index (χ3v) is 12.9. The van der Waals surface area contributed by atoms with Gasteiger partial charge in [-0.15, -0.1) is 0 Å². The van der Waals surface area contributed by atoms with Gasteiger partial charge in [-0.1, -0.05) is 164 Å². The van der Waals surface area contributed by atoms with E-state index in [0.717, 1.165) is 50.9 Å². The highest BCUT2D eigenvalue weighted by molar-refractivity contribution is 6.25. The third-order valence-electron chi connectivity index (χ3n) is 12.9. The van der Waals surface area contributed by atoms with Crippen molar-refractivity contribution in [3.05, 3.63) is 272 Å². The lowest BCUT2D eigenvalue weighted by molar-refractivity contribution is 1.18. The Labute approximate surface area is 391 Å². The molecular formula is C64H45N3. The lowest BCUT2D eigenvalue weighted by atomic mass is 9.95. The summed E-state index contributed by atoms with van der Waals surface area (Å²) in [4.78, 5) is 4.60. The summed E-state index contributed by atoms with van der Waals surface area (Å²) < 4.78 is 2.46. The van der Waals surface area contributed by atoms with Crippen molar-refractivity contribution in [2.75, 3.05) is 9.80 Å². The summed E-state index contributed by atoms with van der Waals surface area (Å²) >= 11 is 0. The van der Waals surface area contributed by atoms with Gasteiger partial charge in [0.25, 0.3) is 0 Å². The number of nitrogens with zero attached hydrogens (tertiary/aromatic N) is 3. The quantitative estimate of drug-likeness (QED) is 0.0948. The second-order valence-electron chi connectivity index (χ2n) is 17.0. The van der Waals surface area contributed by atoms with Crippen LogP contribution in [-0.4, -0.2) is 4.57 Å². The zero-order valence-electron chi connectivity index (χ0n) is 36.8. The molecule has 1 aromatic heterocycles. The molecule has 12 rings (SSSR count). The zero-order valence-corrected chi connectivity index (χ0v) is 36.8. The fraction of sp³-hybridized carbons (Fsp3) is 0. The SMILES string of the molecule is C(=Cc1ccc(N(c2ccccc2)c2ccccc2)cc1)c1ccc(-c2cc3ccc4cc(-c5ccc(N(c6ccccc6)c6ccccc6)cc5)cc5c4c3c(c2)n5-c2ccccc2)cc1. The maximum atomic E-state index is 2.46. The molecule has 3 nitrogen and oxygen atoms in total. The molecule has 0 atom stereocenters. The largest absolute Gasteiger partial charge is 0.311 e. The van der Waals surface area contributed by atoms with Crippen LogP contribution in [0.25, 0.3) is 72.7 Å². The molecule has 12 aromatic rings. The number of aromatic nitrogens is 1. The summed E-state index contributed by atoms with van der Waals surface area (Å²) in [7, 11) is 0. The van der Waals surface area contributed by atoms with Crippen LogP contribution in [0.3, 0.4) is 0 Å². The van der Waals surface area contributed by atoms with Crippen LogP contribution in [0.1, 0.15) is 11.1 Å². The Morgan fingerprint density at radius 3 is 0.970 bits per heavy atom. The smallest absolute Gasteiger partial charge is 0.0553 e. The molecule has 67 heavy (non-hydrogen) atoms. The molecular weight excluding hydrogens is 811 g/mol. The van der Waals surface area contributed by atoms with Crippen LogP contribution in [0.4, 0.5) is 34.1 Å². The van der Waals surface area contributed by atoms with Gasteiger partial charge in [-0.2, -0.15) is 0 Å². The molecule has 0 spiro atoms. The first kappa shape index (κ1) is 39.7. The highest BCUT2D eigenvalue weighted by Crippen LogP contribution is 2.44. The summed E-state index contributed by atoms with van der Waals surface area (Å²) in [5.41, 5.74) is 17.4. The molecule has 0 saturated heterocycles. The Morgan fingerprint density at radius 2 is 0.582 bits per heavy atom. The molecule has 0 aliphatic heterocycles. The van der Waals surface area contributed by atoms with Gasteiger partial charge in [-0.05, 0) is 153 Å². The van der Waals surface area contributed by atoms with Crippen LogP contribution in [0, 0.1) is 0 Å². The number of benzene rings is 11. The molecule has 0 aliphatic rings. The van der Waals surface area contributed by atoms with Crippen LogP contribution in [-0.2, 0) is 0 Å². The van der Waals surface area contributed by atoms with Crippen LogP contribution in [0.2, 0.25) is 0 Å². The van der Waals surface area contributed by atoms with Crippen molar-refractivity contribution in [3.8, 4) is 27.9 Å². The van der Waals surface area contributed by atoms with Gasteiger partial charge in [0.15, 0.2) is 0 Å². The van der Waals surface area contributed by atoms with Gasteiger partial charge >= 0.3 is 0 Å². The molecule has 0 N–H and O–H groups in total. The van der Waals surface area contributed by atoms with Crippen molar-refractivity contribution in [3.63, 3.8) is 0 Å². The van der Waals surface area contributed by atoms with Gasteiger partial charge < -0.3 is 14.4 Å². The van der Waals surface area contributed by atoms with E-state index in [1.165, 1.54) is 54.8 Å². The summed E-state index contributed by atoms with van der Waals surface area (Å²) in [5.74, 6) is 0. The first-order valence-electron chi connectivity index (χ1n) is 22.9. The fourth-order valence-corrected chi connectivity index (χ4v) is 9.68. The van der Waals surface area contributed by atoms with Gasteiger partial charge in [0.2, 0.25) is 0 Å². The maximum Gasteiger partial charge on any atom is 0.0553 e. The van der Waals surface area contributed by atoms with Gasteiger partial charge in [0.05, 0.1) is 11.0 Å². The van der Waals surface area contributed by atoms with E-state index in [2.05, 4.69) is 287 Å². The molecule has 0 amide bonds. The lowest BCUT2D eigenvalue weighted by Gasteiger charge is -2.25. The van der Waals surface area contributed by atoms with Crippen molar-refractivity contribution < 1.29 is 0 Å². The second kappa shape index (κ2) is 17.2. The topological polar surface area (TPSA) is 11.4 Å². The molecule has 0 saturated carbocycles. The number of hydrogen-bond donors (Lipinski definition) is 0. The van der Waals surface area contributed by atoms with Gasteiger partial charge in [-0.25, -0.2) is 0 Å². The van der Waals surface area contributed by atoms with Crippen LogP contribution in [0.15, 0.2) is 261 Å². The number of anilines is 6. The van der Waals surface area contributed by atoms with Gasteiger partial charge in [-0.3, -0.25) is 0 Å². The van der Waals surface area contributed by atoms with E-state index in [-0.39, 0.29) is 0 Å². The Hall–Kier alpha value is -8.92. The van der Waals surface area contributed by atoms with E-state index in [0.29, 0.717) is 0 Å². The van der Waals surface area contributed by atoms with E-state index >= 15 is 0 Å². The van der Waals surface area contributed by atoms with Crippen LogP contribution < -0.4 is 9.80 Å². The predicted octanol–water partition coefficient (Wildman–Crippen LogP) is 17.8. The molecule has 1 heterocycles. The lowest BCUT2D eigenvalue weighted by Crippen LogP contribution is -2.09. The second-order valence-corrected chi connectivity index (χ2v) is 17.0. The minimum absolute atomic E-state index is 1.11. The van der Waals surface area contributed by atoms with Gasteiger partial charge in [0.1, 0.15) is 0 Å². The van der Waals surface area contributed by atoms with Crippen molar-refractivity contribution in [2.24, 2.45) is 0 Å². The van der Waals surface area contributed by atoms with E-state index in [9.17, 15) is 0 Å². The number of rotatable bonds is 11.